The fourth-order valence-electron chi connectivity index (χ4n) is 0.999. The lowest BCUT2D eigenvalue weighted by atomic mass is 10.1. The topological polar surface area (TPSA) is 12.0 Å². The summed E-state index contributed by atoms with van der Waals surface area (Å²) in [7, 11) is 1.96. The summed E-state index contributed by atoms with van der Waals surface area (Å²) in [5.41, 5.74) is 2.74. The van der Waals surface area contributed by atoms with Gasteiger partial charge in [-0.3, -0.25) is 0 Å². The molecule has 0 unspecified atom stereocenters. The van der Waals surface area contributed by atoms with Crippen molar-refractivity contribution >= 4 is 0 Å². The molecule has 0 aliphatic heterocycles. The third-order valence-electron chi connectivity index (χ3n) is 1.98. The molecule has 0 saturated heterocycles. The van der Waals surface area contributed by atoms with Crippen LogP contribution in [0, 0.1) is 6.92 Å². The second-order valence-electron chi connectivity index (χ2n) is 3.52. The van der Waals surface area contributed by atoms with Crippen LogP contribution in [0.15, 0.2) is 24.3 Å². The van der Waals surface area contributed by atoms with Crippen LogP contribution in [-0.4, -0.2) is 7.05 Å². The van der Waals surface area contributed by atoms with Gasteiger partial charge in [0.05, 0.1) is 0 Å². The fourth-order valence-corrected chi connectivity index (χ4v) is 0.999. The van der Waals surface area contributed by atoms with E-state index in [0.717, 1.165) is 6.54 Å². The van der Waals surface area contributed by atoms with Crippen molar-refractivity contribution in [2.24, 2.45) is 0 Å². The van der Waals surface area contributed by atoms with Crippen LogP contribution < -0.4 is 5.32 Å². The van der Waals surface area contributed by atoms with Gasteiger partial charge in [0.25, 0.3) is 0 Å². The van der Waals surface area contributed by atoms with E-state index in [4.69, 9.17) is 0 Å². The van der Waals surface area contributed by atoms with E-state index >= 15 is 0 Å². The SMILES string of the molecule is C1CC1.CNCc1ccccc1C. The molecular formula is C12H19N. The molecule has 0 heterocycles. The third kappa shape index (κ3) is 4.69. The van der Waals surface area contributed by atoms with Gasteiger partial charge in [0.15, 0.2) is 0 Å². The van der Waals surface area contributed by atoms with Crippen LogP contribution in [0.3, 0.4) is 0 Å². The van der Waals surface area contributed by atoms with Crippen LogP contribution in [-0.2, 0) is 6.54 Å². The maximum atomic E-state index is 3.12. The largest absolute Gasteiger partial charge is 0.316 e. The molecule has 1 N–H and O–H groups in total. The standard InChI is InChI=1S/C9H13N.C3H6/c1-8-5-3-4-6-9(8)7-10-2;1-2-3-1/h3-6,10H,7H2,1-2H3;1-3H2. The zero-order valence-corrected chi connectivity index (χ0v) is 8.64. The number of benzene rings is 1. The van der Waals surface area contributed by atoms with Crippen molar-refractivity contribution in [2.45, 2.75) is 32.7 Å². The van der Waals surface area contributed by atoms with E-state index in [1.54, 1.807) is 0 Å². The number of rotatable bonds is 2. The average Bonchev–Trinajstić information content (AvgIpc) is 2.95. The second kappa shape index (κ2) is 5.76. The minimum Gasteiger partial charge on any atom is -0.316 e. The van der Waals surface area contributed by atoms with E-state index in [-0.39, 0.29) is 0 Å². The Morgan fingerprint density at radius 2 is 1.77 bits per heavy atom. The first kappa shape index (κ1) is 10.3. The quantitative estimate of drug-likeness (QED) is 0.732. The molecule has 1 aromatic carbocycles. The Morgan fingerprint density at radius 3 is 2.23 bits per heavy atom. The van der Waals surface area contributed by atoms with E-state index in [0.29, 0.717) is 0 Å². The highest BCUT2D eigenvalue weighted by atomic mass is 14.8. The van der Waals surface area contributed by atoms with Crippen molar-refractivity contribution in [1.29, 1.82) is 0 Å². The molecule has 1 aliphatic carbocycles. The smallest absolute Gasteiger partial charge is 0.0205 e. The number of nitrogens with one attached hydrogen (secondary N) is 1. The van der Waals surface area contributed by atoms with Crippen LogP contribution in [0.1, 0.15) is 30.4 Å². The molecule has 0 bridgehead atoms. The highest BCUT2D eigenvalue weighted by Crippen LogP contribution is 2.14. The van der Waals surface area contributed by atoms with E-state index in [1.807, 2.05) is 7.05 Å². The molecule has 1 fully saturated rings. The minimum absolute atomic E-state index is 0.965. The predicted molar refractivity (Wildman–Crippen MR) is 57.8 cm³/mol. The van der Waals surface area contributed by atoms with Gasteiger partial charge in [-0.2, -0.15) is 0 Å². The highest BCUT2D eigenvalue weighted by Gasteiger charge is 1.95. The molecule has 0 amide bonds. The molecule has 1 saturated carbocycles. The van der Waals surface area contributed by atoms with Crippen molar-refractivity contribution in [3.63, 3.8) is 0 Å². The monoisotopic (exact) mass is 177 g/mol. The summed E-state index contributed by atoms with van der Waals surface area (Å²) in [4.78, 5) is 0. The van der Waals surface area contributed by atoms with E-state index < -0.39 is 0 Å². The highest BCUT2D eigenvalue weighted by molar-refractivity contribution is 5.25. The molecule has 1 aliphatic rings. The normalized spacial score (nSPS) is 13.1. The van der Waals surface area contributed by atoms with Gasteiger partial charge in [0, 0.05) is 6.54 Å². The molecule has 0 radical (unpaired) electrons. The lowest BCUT2D eigenvalue weighted by Gasteiger charge is -2.02. The van der Waals surface area contributed by atoms with Crippen LogP contribution in [0.5, 0.6) is 0 Å². The minimum atomic E-state index is 0.965. The predicted octanol–water partition coefficient (Wildman–Crippen LogP) is 2.88. The van der Waals surface area contributed by atoms with Crippen molar-refractivity contribution in [3.8, 4) is 0 Å². The molecule has 0 spiro atoms. The van der Waals surface area contributed by atoms with Crippen molar-refractivity contribution in [1.82, 2.24) is 5.32 Å². The summed E-state index contributed by atoms with van der Waals surface area (Å²) in [6.45, 7) is 3.10. The fraction of sp³-hybridized carbons (Fsp3) is 0.500. The Bertz CT molecular complexity index is 238. The molecule has 0 aromatic heterocycles. The molecule has 0 atom stereocenters. The first-order valence-electron chi connectivity index (χ1n) is 5.03. The van der Waals surface area contributed by atoms with Crippen LogP contribution in [0.25, 0.3) is 0 Å². The Kier molecular flexibility index (Phi) is 4.55. The van der Waals surface area contributed by atoms with Gasteiger partial charge < -0.3 is 5.32 Å². The summed E-state index contributed by atoms with van der Waals surface area (Å²) in [5.74, 6) is 0. The van der Waals surface area contributed by atoms with E-state index in [1.165, 1.54) is 30.4 Å². The Hall–Kier alpha value is -0.820. The maximum absolute atomic E-state index is 3.12. The number of hydrogen-bond acceptors (Lipinski definition) is 1. The Morgan fingerprint density at radius 1 is 1.15 bits per heavy atom. The van der Waals surface area contributed by atoms with Gasteiger partial charge in [-0.15, -0.1) is 0 Å². The van der Waals surface area contributed by atoms with Gasteiger partial charge in [0.1, 0.15) is 0 Å². The molecular weight excluding hydrogens is 158 g/mol. The second-order valence-corrected chi connectivity index (χ2v) is 3.52. The van der Waals surface area contributed by atoms with Gasteiger partial charge in [0.2, 0.25) is 0 Å². The van der Waals surface area contributed by atoms with E-state index in [9.17, 15) is 0 Å². The van der Waals surface area contributed by atoms with Crippen LogP contribution in [0.4, 0.5) is 0 Å². The molecule has 1 aromatic rings. The lowest BCUT2D eigenvalue weighted by molar-refractivity contribution is 0.812. The van der Waals surface area contributed by atoms with Crippen LogP contribution in [0.2, 0.25) is 0 Å². The van der Waals surface area contributed by atoms with Gasteiger partial charge >= 0.3 is 0 Å². The first-order valence-corrected chi connectivity index (χ1v) is 5.03. The zero-order chi connectivity index (χ0) is 9.52. The molecule has 1 heteroatoms. The molecule has 1 nitrogen and oxygen atoms in total. The van der Waals surface area contributed by atoms with Gasteiger partial charge in [-0.1, -0.05) is 43.5 Å². The van der Waals surface area contributed by atoms with Gasteiger partial charge in [-0.25, -0.2) is 0 Å². The summed E-state index contributed by atoms with van der Waals surface area (Å²) in [6, 6.07) is 8.41. The van der Waals surface area contributed by atoms with Gasteiger partial charge in [-0.05, 0) is 25.1 Å². The van der Waals surface area contributed by atoms with Crippen molar-refractivity contribution in [2.75, 3.05) is 7.05 Å². The molecule has 2 rings (SSSR count). The molecule has 13 heavy (non-hydrogen) atoms. The summed E-state index contributed by atoms with van der Waals surface area (Å²) in [6.07, 6.45) is 4.50. The summed E-state index contributed by atoms with van der Waals surface area (Å²) in [5, 5.41) is 3.12. The summed E-state index contributed by atoms with van der Waals surface area (Å²) >= 11 is 0. The maximum Gasteiger partial charge on any atom is 0.0205 e. The third-order valence-corrected chi connectivity index (χ3v) is 1.98. The lowest BCUT2D eigenvalue weighted by Crippen LogP contribution is -2.05. The number of hydrogen-bond donors (Lipinski definition) is 1. The van der Waals surface area contributed by atoms with Crippen molar-refractivity contribution in [3.05, 3.63) is 35.4 Å². The van der Waals surface area contributed by atoms with Crippen molar-refractivity contribution < 1.29 is 0 Å². The first-order chi connectivity index (χ1) is 6.34. The number of aryl methyl sites for hydroxylation is 1. The zero-order valence-electron chi connectivity index (χ0n) is 8.64. The van der Waals surface area contributed by atoms with Crippen LogP contribution >= 0.6 is 0 Å². The Balaban J connectivity index is 0.000000236. The Labute approximate surface area is 81.2 Å². The van der Waals surface area contributed by atoms with E-state index in [2.05, 4.69) is 36.5 Å². The molecule has 72 valence electrons. The average molecular weight is 177 g/mol. The summed E-state index contributed by atoms with van der Waals surface area (Å²) < 4.78 is 0.